The molecule has 4 heteroatoms. The summed E-state index contributed by atoms with van der Waals surface area (Å²) in [4.78, 5) is 0. The van der Waals surface area contributed by atoms with E-state index in [-0.39, 0.29) is 10.8 Å². The number of nitrogens with two attached hydrogens (primary N) is 1. The molecule has 66 valence electrons. The van der Waals surface area contributed by atoms with E-state index in [4.69, 9.17) is 17.3 Å². The Morgan fingerprint density at radius 1 is 1.50 bits per heavy atom. The third kappa shape index (κ3) is 1.87. The SMILES string of the molecule is NCCc1cc(F)cc(Cl)c1O. The van der Waals surface area contributed by atoms with Gasteiger partial charge in [0.2, 0.25) is 0 Å². The van der Waals surface area contributed by atoms with Crippen LogP contribution in [0.4, 0.5) is 4.39 Å². The van der Waals surface area contributed by atoms with E-state index in [2.05, 4.69) is 0 Å². The van der Waals surface area contributed by atoms with Crippen molar-refractivity contribution in [1.82, 2.24) is 0 Å². The van der Waals surface area contributed by atoms with Crippen LogP contribution in [0.2, 0.25) is 5.02 Å². The van der Waals surface area contributed by atoms with E-state index < -0.39 is 5.82 Å². The van der Waals surface area contributed by atoms with Gasteiger partial charge in [-0.25, -0.2) is 4.39 Å². The Balaban J connectivity index is 3.09. The molecule has 0 aliphatic rings. The Kier molecular flexibility index (Phi) is 2.89. The van der Waals surface area contributed by atoms with Gasteiger partial charge < -0.3 is 10.8 Å². The van der Waals surface area contributed by atoms with Crippen molar-refractivity contribution < 1.29 is 9.50 Å². The van der Waals surface area contributed by atoms with Crippen LogP contribution in [0.1, 0.15) is 5.56 Å². The number of hydrogen-bond donors (Lipinski definition) is 2. The lowest BCUT2D eigenvalue weighted by Crippen LogP contribution is -2.03. The Morgan fingerprint density at radius 3 is 2.75 bits per heavy atom. The lowest BCUT2D eigenvalue weighted by molar-refractivity contribution is 0.466. The number of phenolic OH excluding ortho intramolecular Hbond substituents is 1. The van der Waals surface area contributed by atoms with Gasteiger partial charge >= 0.3 is 0 Å². The van der Waals surface area contributed by atoms with E-state index in [1.165, 1.54) is 6.07 Å². The summed E-state index contributed by atoms with van der Waals surface area (Å²) in [5, 5.41) is 9.33. The normalized spacial score (nSPS) is 10.2. The number of rotatable bonds is 2. The minimum absolute atomic E-state index is 0.0263. The molecule has 0 unspecified atom stereocenters. The van der Waals surface area contributed by atoms with Crippen LogP contribution >= 0.6 is 11.6 Å². The van der Waals surface area contributed by atoms with E-state index in [1.54, 1.807) is 0 Å². The summed E-state index contributed by atoms with van der Waals surface area (Å²) in [7, 11) is 0. The summed E-state index contributed by atoms with van der Waals surface area (Å²) < 4.78 is 12.7. The van der Waals surface area contributed by atoms with Crippen molar-refractivity contribution in [3.63, 3.8) is 0 Å². The molecule has 0 saturated carbocycles. The maximum absolute atomic E-state index is 12.7. The zero-order chi connectivity index (χ0) is 9.14. The molecule has 12 heavy (non-hydrogen) atoms. The van der Waals surface area contributed by atoms with Crippen molar-refractivity contribution in [1.29, 1.82) is 0 Å². The highest BCUT2D eigenvalue weighted by atomic mass is 35.5. The minimum atomic E-state index is -0.457. The molecular formula is C8H9ClFNO. The zero-order valence-corrected chi connectivity index (χ0v) is 7.11. The maximum atomic E-state index is 12.7. The molecule has 0 aliphatic heterocycles. The zero-order valence-electron chi connectivity index (χ0n) is 6.35. The second-order valence-electron chi connectivity index (χ2n) is 2.43. The molecule has 2 nitrogen and oxygen atoms in total. The molecular weight excluding hydrogens is 181 g/mol. The Morgan fingerprint density at radius 2 is 2.17 bits per heavy atom. The Bertz CT molecular complexity index is 291. The van der Waals surface area contributed by atoms with Crippen molar-refractivity contribution in [2.45, 2.75) is 6.42 Å². The summed E-state index contributed by atoms with van der Waals surface area (Å²) >= 11 is 5.52. The van der Waals surface area contributed by atoms with Crippen LogP contribution in [0.5, 0.6) is 5.75 Å². The van der Waals surface area contributed by atoms with Crippen LogP contribution in [0.15, 0.2) is 12.1 Å². The molecule has 0 aliphatic carbocycles. The Labute approximate surface area is 74.8 Å². The van der Waals surface area contributed by atoms with Gasteiger partial charge in [0.25, 0.3) is 0 Å². The third-order valence-corrected chi connectivity index (χ3v) is 1.81. The van der Waals surface area contributed by atoms with Crippen molar-refractivity contribution in [2.75, 3.05) is 6.54 Å². The first-order valence-electron chi connectivity index (χ1n) is 3.52. The van der Waals surface area contributed by atoms with Gasteiger partial charge in [-0.3, -0.25) is 0 Å². The lowest BCUT2D eigenvalue weighted by atomic mass is 10.1. The van der Waals surface area contributed by atoms with Gasteiger partial charge in [-0.1, -0.05) is 11.6 Å². The van der Waals surface area contributed by atoms with Crippen molar-refractivity contribution in [3.05, 3.63) is 28.5 Å². The van der Waals surface area contributed by atoms with Crippen LogP contribution in [-0.4, -0.2) is 11.7 Å². The summed E-state index contributed by atoms with van der Waals surface area (Å²) in [6.45, 7) is 0.355. The highest BCUT2D eigenvalue weighted by molar-refractivity contribution is 6.32. The molecule has 0 aromatic heterocycles. The molecule has 0 fully saturated rings. The van der Waals surface area contributed by atoms with Crippen LogP contribution in [0.3, 0.4) is 0 Å². The van der Waals surface area contributed by atoms with Gasteiger partial charge in [-0.2, -0.15) is 0 Å². The fourth-order valence-electron chi connectivity index (χ4n) is 0.965. The third-order valence-electron chi connectivity index (χ3n) is 1.52. The van der Waals surface area contributed by atoms with Crippen molar-refractivity contribution in [3.8, 4) is 5.75 Å². The van der Waals surface area contributed by atoms with Crippen LogP contribution in [0, 0.1) is 5.82 Å². The van der Waals surface area contributed by atoms with E-state index in [9.17, 15) is 9.50 Å². The number of phenols is 1. The molecule has 0 amide bonds. The fraction of sp³-hybridized carbons (Fsp3) is 0.250. The van der Waals surface area contributed by atoms with Crippen LogP contribution in [0.25, 0.3) is 0 Å². The molecule has 0 atom stereocenters. The maximum Gasteiger partial charge on any atom is 0.137 e. The summed E-state index contributed by atoms with van der Waals surface area (Å²) in [5.41, 5.74) is 5.70. The highest BCUT2D eigenvalue weighted by Crippen LogP contribution is 2.28. The van der Waals surface area contributed by atoms with Crippen LogP contribution < -0.4 is 5.73 Å². The average Bonchev–Trinajstić information content (AvgIpc) is 2.00. The molecule has 1 rings (SSSR count). The molecule has 0 heterocycles. The first-order chi connectivity index (χ1) is 5.65. The number of aromatic hydroxyl groups is 1. The number of halogens is 2. The largest absolute Gasteiger partial charge is 0.506 e. The van der Waals surface area contributed by atoms with Crippen molar-refractivity contribution >= 4 is 11.6 Å². The van der Waals surface area contributed by atoms with Gasteiger partial charge in [-0.15, -0.1) is 0 Å². The lowest BCUT2D eigenvalue weighted by Gasteiger charge is -2.04. The average molecular weight is 190 g/mol. The minimum Gasteiger partial charge on any atom is -0.506 e. The number of benzene rings is 1. The molecule has 0 saturated heterocycles. The van der Waals surface area contributed by atoms with Crippen LogP contribution in [-0.2, 0) is 6.42 Å². The molecule has 1 aromatic rings. The summed E-state index contributed by atoms with van der Waals surface area (Å²) in [5.74, 6) is -0.537. The summed E-state index contributed by atoms with van der Waals surface area (Å²) in [6, 6.07) is 2.30. The second kappa shape index (κ2) is 3.74. The molecule has 0 radical (unpaired) electrons. The van der Waals surface area contributed by atoms with Gasteiger partial charge in [0, 0.05) is 0 Å². The summed E-state index contributed by atoms with van der Waals surface area (Å²) in [6.07, 6.45) is 0.420. The second-order valence-corrected chi connectivity index (χ2v) is 2.84. The molecule has 3 N–H and O–H groups in total. The van der Waals surface area contributed by atoms with Gasteiger partial charge in [0.15, 0.2) is 0 Å². The highest BCUT2D eigenvalue weighted by Gasteiger charge is 2.07. The smallest absolute Gasteiger partial charge is 0.137 e. The monoisotopic (exact) mass is 189 g/mol. The van der Waals surface area contributed by atoms with E-state index >= 15 is 0 Å². The van der Waals surface area contributed by atoms with Gasteiger partial charge in [0.05, 0.1) is 5.02 Å². The quantitative estimate of drug-likeness (QED) is 0.744. The fourth-order valence-corrected chi connectivity index (χ4v) is 1.19. The standard InChI is InChI=1S/C8H9ClFNO/c9-7-4-6(10)3-5(1-2-11)8(7)12/h3-4,12H,1-2,11H2. The van der Waals surface area contributed by atoms with Gasteiger partial charge in [0.1, 0.15) is 11.6 Å². The Hall–Kier alpha value is -0.800. The topological polar surface area (TPSA) is 46.2 Å². The predicted octanol–water partition coefficient (Wildman–Crippen LogP) is 1.69. The predicted molar refractivity (Wildman–Crippen MR) is 45.8 cm³/mol. The molecule has 1 aromatic carbocycles. The van der Waals surface area contributed by atoms with E-state index in [0.717, 1.165) is 6.07 Å². The van der Waals surface area contributed by atoms with Gasteiger partial charge in [-0.05, 0) is 30.7 Å². The first-order valence-corrected chi connectivity index (χ1v) is 3.90. The first kappa shape index (κ1) is 9.29. The van der Waals surface area contributed by atoms with E-state index in [0.29, 0.717) is 18.5 Å². The van der Waals surface area contributed by atoms with Crippen molar-refractivity contribution in [2.24, 2.45) is 5.73 Å². The molecule has 0 bridgehead atoms. The number of hydrogen-bond acceptors (Lipinski definition) is 2. The van der Waals surface area contributed by atoms with E-state index in [1.807, 2.05) is 0 Å². The molecule has 0 spiro atoms.